The second kappa shape index (κ2) is 6.82. The Hall–Kier alpha value is -1.70. The molecule has 0 N–H and O–H groups in total. The Labute approximate surface area is 139 Å². The molecule has 0 aromatic carbocycles. The van der Waals surface area contributed by atoms with Gasteiger partial charge in [-0.2, -0.15) is 5.10 Å². The average molecular weight is 335 g/mol. The maximum absolute atomic E-state index is 11.8. The van der Waals surface area contributed by atoms with Crippen molar-refractivity contribution in [3.8, 4) is 10.6 Å². The van der Waals surface area contributed by atoms with Crippen molar-refractivity contribution in [3.05, 3.63) is 29.3 Å². The van der Waals surface area contributed by atoms with Gasteiger partial charge in [0.05, 0.1) is 18.1 Å². The van der Waals surface area contributed by atoms with Crippen LogP contribution in [0.2, 0.25) is 0 Å². The van der Waals surface area contributed by atoms with Crippen molar-refractivity contribution in [3.63, 3.8) is 0 Å². The van der Waals surface area contributed by atoms with E-state index in [0.29, 0.717) is 6.54 Å². The lowest BCUT2D eigenvalue weighted by atomic mass is 10.1. The summed E-state index contributed by atoms with van der Waals surface area (Å²) in [6, 6.07) is 4.11. The van der Waals surface area contributed by atoms with Gasteiger partial charge in [-0.3, -0.25) is 9.58 Å². The predicted molar refractivity (Wildman–Crippen MR) is 88.1 cm³/mol. The number of rotatable bonds is 4. The highest BCUT2D eigenvalue weighted by molar-refractivity contribution is 7.13. The molecular formula is C16H21N3O3S. The fourth-order valence-electron chi connectivity index (χ4n) is 2.94. The summed E-state index contributed by atoms with van der Waals surface area (Å²) in [6.07, 6.45) is 1.52. The first-order valence-corrected chi connectivity index (χ1v) is 8.47. The molecule has 0 bridgehead atoms. The smallest absolute Gasteiger partial charge is 0.336 e. The second-order valence-corrected chi connectivity index (χ2v) is 6.75. The van der Waals surface area contributed by atoms with E-state index in [-0.39, 0.29) is 12.1 Å². The molecule has 2 atom stereocenters. The van der Waals surface area contributed by atoms with Gasteiger partial charge in [0.2, 0.25) is 0 Å². The predicted octanol–water partition coefficient (Wildman–Crippen LogP) is 1.91. The molecule has 0 unspecified atom stereocenters. The number of aryl methyl sites for hydroxylation is 1. The number of hydrogen-bond acceptors (Lipinski definition) is 6. The van der Waals surface area contributed by atoms with Crippen LogP contribution in [0.1, 0.15) is 12.5 Å². The summed E-state index contributed by atoms with van der Waals surface area (Å²) in [4.78, 5) is 15.2. The van der Waals surface area contributed by atoms with Gasteiger partial charge >= 0.3 is 5.97 Å². The number of nitrogens with zero attached hydrogens (tertiary/aromatic N) is 3. The molecule has 0 amide bonds. The van der Waals surface area contributed by atoms with E-state index >= 15 is 0 Å². The fraction of sp³-hybridized carbons (Fsp3) is 0.500. The number of ether oxygens (including phenoxy) is 2. The van der Waals surface area contributed by atoms with E-state index in [4.69, 9.17) is 9.47 Å². The molecule has 7 heteroatoms. The normalized spacial score (nSPS) is 22.2. The zero-order valence-electron chi connectivity index (χ0n) is 13.6. The zero-order chi connectivity index (χ0) is 16.4. The lowest BCUT2D eigenvalue weighted by Gasteiger charge is -2.35. The minimum absolute atomic E-state index is 0.00490. The van der Waals surface area contributed by atoms with E-state index in [1.807, 2.05) is 30.9 Å². The lowest BCUT2D eigenvalue weighted by Crippen LogP contribution is -2.49. The van der Waals surface area contributed by atoms with Crippen LogP contribution < -0.4 is 0 Å². The molecule has 1 aliphatic rings. The molecule has 0 aliphatic carbocycles. The first-order chi connectivity index (χ1) is 11.1. The third-order valence-electron chi connectivity index (χ3n) is 3.85. The van der Waals surface area contributed by atoms with Crippen LogP contribution in [0.25, 0.3) is 10.6 Å². The molecular weight excluding hydrogens is 314 g/mol. The molecule has 23 heavy (non-hydrogen) atoms. The number of aromatic nitrogens is 2. The SMILES string of the molecule is COC(=O)[C@@H]1CN(Cc2cn(C)nc2-c2cccs2)C[C@@H](C)O1. The Morgan fingerprint density at radius 1 is 1.52 bits per heavy atom. The van der Waals surface area contributed by atoms with Crippen molar-refractivity contribution in [1.82, 2.24) is 14.7 Å². The summed E-state index contributed by atoms with van der Waals surface area (Å²) >= 11 is 1.68. The van der Waals surface area contributed by atoms with Crippen LogP contribution in [-0.4, -0.2) is 53.1 Å². The summed E-state index contributed by atoms with van der Waals surface area (Å²) in [5.74, 6) is -0.314. The highest BCUT2D eigenvalue weighted by Gasteiger charge is 2.31. The second-order valence-electron chi connectivity index (χ2n) is 5.81. The first kappa shape index (κ1) is 16.2. The fourth-order valence-corrected chi connectivity index (χ4v) is 3.69. The minimum atomic E-state index is -0.523. The van der Waals surface area contributed by atoms with Crippen LogP contribution in [-0.2, 0) is 27.9 Å². The van der Waals surface area contributed by atoms with Crippen molar-refractivity contribution in [1.29, 1.82) is 0 Å². The number of carbonyl (C=O) groups excluding carboxylic acids is 1. The number of methoxy groups -OCH3 is 1. The monoisotopic (exact) mass is 335 g/mol. The van der Waals surface area contributed by atoms with E-state index < -0.39 is 6.10 Å². The van der Waals surface area contributed by atoms with Gasteiger partial charge in [-0.15, -0.1) is 11.3 Å². The molecule has 1 aliphatic heterocycles. The van der Waals surface area contributed by atoms with Crippen LogP contribution >= 0.6 is 11.3 Å². The van der Waals surface area contributed by atoms with Crippen LogP contribution in [0.15, 0.2) is 23.7 Å². The molecule has 3 heterocycles. The minimum Gasteiger partial charge on any atom is -0.467 e. The Morgan fingerprint density at radius 3 is 3.04 bits per heavy atom. The molecule has 0 saturated carbocycles. The third-order valence-corrected chi connectivity index (χ3v) is 4.73. The lowest BCUT2D eigenvalue weighted by molar-refractivity contribution is -0.166. The zero-order valence-corrected chi connectivity index (χ0v) is 14.4. The topological polar surface area (TPSA) is 56.6 Å². The highest BCUT2D eigenvalue weighted by atomic mass is 32.1. The maximum atomic E-state index is 11.8. The van der Waals surface area contributed by atoms with Gasteiger partial charge in [-0.05, 0) is 18.4 Å². The third kappa shape index (κ3) is 3.63. The number of esters is 1. The summed E-state index contributed by atoms with van der Waals surface area (Å²) in [6.45, 7) is 4.04. The van der Waals surface area contributed by atoms with Gasteiger partial charge in [0.15, 0.2) is 6.10 Å². The Kier molecular flexibility index (Phi) is 4.79. The number of hydrogen-bond donors (Lipinski definition) is 0. The molecule has 0 radical (unpaired) electrons. The van der Waals surface area contributed by atoms with Crippen molar-refractivity contribution in [2.24, 2.45) is 7.05 Å². The van der Waals surface area contributed by atoms with Crippen molar-refractivity contribution < 1.29 is 14.3 Å². The molecule has 1 saturated heterocycles. The Bertz CT molecular complexity index is 668. The largest absolute Gasteiger partial charge is 0.467 e. The van der Waals surface area contributed by atoms with Crippen LogP contribution in [0, 0.1) is 0 Å². The molecule has 2 aromatic heterocycles. The molecule has 6 nitrogen and oxygen atoms in total. The molecule has 124 valence electrons. The van der Waals surface area contributed by atoms with E-state index in [9.17, 15) is 4.79 Å². The van der Waals surface area contributed by atoms with Crippen LogP contribution in [0.3, 0.4) is 0 Å². The molecule has 3 rings (SSSR count). The summed E-state index contributed by atoms with van der Waals surface area (Å²) < 4.78 is 12.3. The van der Waals surface area contributed by atoms with Crippen LogP contribution in [0.5, 0.6) is 0 Å². The number of thiophene rings is 1. The number of morpholine rings is 1. The van der Waals surface area contributed by atoms with Gasteiger partial charge in [0.1, 0.15) is 5.69 Å². The molecule has 1 fully saturated rings. The summed E-state index contributed by atoms with van der Waals surface area (Å²) in [5.41, 5.74) is 2.17. The van der Waals surface area contributed by atoms with Gasteiger partial charge in [-0.1, -0.05) is 6.07 Å². The quantitative estimate of drug-likeness (QED) is 0.799. The molecule has 2 aromatic rings. The van der Waals surface area contributed by atoms with Crippen molar-refractivity contribution >= 4 is 17.3 Å². The van der Waals surface area contributed by atoms with Gasteiger partial charge in [0, 0.05) is 38.4 Å². The highest BCUT2D eigenvalue weighted by Crippen LogP contribution is 2.28. The van der Waals surface area contributed by atoms with E-state index in [1.165, 1.54) is 7.11 Å². The van der Waals surface area contributed by atoms with Crippen molar-refractivity contribution in [2.45, 2.75) is 25.7 Å². The summed E-state index contributed by atoms with van der Waals surface area (Å²) in [7, 11) is 3.32. The van der Waals surface area contributed by atoms with E-state index in [1.54, 1.807) is 11.3 Å². The Morgan fingerprint density at radius 2 is 2.35 bits per heavy atom. The number of carbonyl (C=O) groups is 1. The van der Waals surface area contributed by atoms with Gasteiger partial charge in [0.25, 0.3) is 0 Å². The summed E-state index contributed by atoms with van der Waals surface area (Å²) in [5, 5.41) is 6.64. The van der Waals surface area contributed by atoms with Crippen molar-refractivity contribution in [2.75, 3.05) is 20.2 Å². The van der Waals surface area contributed by atoms with Gasteiger partial charge in [-0.25, -0.2) is 4.79 Å². The molecule has 0 spiro atoms. The first-order valence-electron chi connectivity index (χ1n) is 7.59. The Balaban J connectivity index is 1.78. The van der Waals surface area contributed by atoms with Gasteiger partial charge < -0.3 is 9.47 Å². The van der Waals surface area contributed by atoms with E-state index in [0.717, 1.165) is 29.2 Å². The van der Waals surface area contributed by atoms with Crippen LogP contribution in [0.4, 0.5) is 0 Å². The maximum Gasteiger partial charge on any atom is 0.336 e. The van der Waals surface area contributed by atoms with E-state index in [2.05, 4.69) is 21.4 Å². The average Bonchev–Trinajstić information content (AvgIpc) is 3.15. The standard InChI is InChI=1S/C16H21N3O3S/c1-11-7-19(10-13(22-11)16(20)21-3)9-12-8-18(2)17-15(12)14-5-4-6-23-14/h4-6,8,11,13H,7,9-10H2,1-3H3/t11-,13+/m1/s1.